The van der Waals surface area contributed by atoms with E-state index in [1.165, 1.54) is 98.5 Å². The Labute approximate surface area is 269 Å². The SMILES string of the molecule is Cc1ccc(N2c3ccc(C)cc3B3c4cc5c(cc4N(c4ccc(C)cc4)c4cc(C)cc2c43)sc2ccc(C)cc25)cc1. The fourth-order valence-corrected chi connectivity index (χ4v) is 8.68. The number of anilines is 6. The van der Waals surface area contributed by atoms with E-state index >= 15 is 0 Å². The monoisotopic (exact) mass is 596 g/mol. The molecule has 0 unspecified atom stereocenters. The van der Waals surface area contributed by atoms with Crippen LogP contribution < -0.4 is 26.2 Å². The zero-order chi connectivity index (χ0) is 30.6. The van der Waals surface area contributed by atoms with Gasteiger partial charge in [-0.15, -0.1) is 11.3 Å². The molecule has 0 atom stereocenters. The van der Waals surface area contributed by atoms with Crippen LogP contribution in [0, 0.1) is 34.6 Å². The molecule has 2 aliphatic heterocycles. The van der Waals surface area contributed by atoms with Gasteiger partial charge in [-0.1, -0.05) is 70.8 Å². The van der Waals surface area contributed by atoms with E-state index in [1.54, 1.807) is 0 Å². The summed E-state index contributed by atoms with van der Waals surface area (Å²) >= 11 is 1.91. The second kappa shape index (κ2) is 9.60. The lowest BCUT2D eigenvalue weighted by molar-refractivity contribution is 1.23. The molecule has 216 valence electrons. The summed E-state index contributed by atoms with van der Waals surface area (Å²) in [5, 5.41) is 2.71. The number of hydrogen-bond acceptors (Lipinski definition) is 3. The summed E-state index contributed by atoms with van der Waals surface area (Å²) in [7, 11) is 0. The van der Waals surface area contributed by atoms with E-state index in [2.05, 4.69) is 154 Å². The van der Waals surface area contributed by atoms with Crippen LogP contribution in [0.2, 0.25) is 0 Å². The van der Waals surface area contributed by atoms with Crippen LogP contribution >= 0.6 is 11.3 Å². The lowest BCUT2D eigenvalue weighted by Crippen LogP contribution is -2.61. The Bertz CT molecular complexity index is 2330. The molecular weight excluding hydrogens is 563 g/mol. The lowest BCUT2D eigenvalue weighted by atomic mass is 9.33. The third-order valence-corrected chi connectivity index (χ3v) is 10.8. The molecule has 2 nitrogen and oxygen atoms in total. The number of fused-ring (bicyclic) bond motifs is 7. The van der Waals surface area contributed by atoms with Gasteiger partial charge in [0.05, 0.1) is 0 Å². The molecule has 0 saturated carbocycles. The Morgan fingerprint density at radius 3 is 1.62 bits per heavy atom. The van der Waals surface area contributed by atoms with Crippen molar-refractivity contribution in [1.82, 2.24) is 0 Å². The molecule has 6 aromatic carbocycles. The highest BCUT2D eigenvalue weighted by Gasteiger charge is 2.43. The summed E-state index contributed by atoms with van der Waals surface area (Å²) in [6.07, 6.45) is 0. The molecule has 0 amide bonds. The highest BCUT2D eigenvalue weighted by molar-refractivity contribution is 7.26. The van der Waals surface area contributed by atoms with Crippen LogP contribution in [0.5, 0.6) is 0 Å². The van der Waals surface area contributed by atoms with E-state index in [0.29, 0.717) is 0 Å². The van der Waals surface area contributed by atoms with E-state index in [-0.39, 0.29) is 6.71 Å². The molecule has 9 rings (SSSR count). The Morgan fingerprint density at radius 1 is 0.422 bits per heavy atom. The maximum absolute atomic E-state index is 2.53. The van der Waals surface area contributed by atoms with Crippen LogP contribution in [0.25, 0.3) is 20.2 Å². The fraction of sp³-hybridized carbons (Fsp3) is 0.122. The van der Waals surface area contributed by atoms with Gasteiger partial charge >= 0.3 is 0 Å². The number of benzene rings is 6. The van der Waals surface area contributed by atoms with E-state index in [1.807, 2.05) is 11.3 Å². The Balaban J connectivity index is 1.42. The Morgan fingerprint density at radius 2 is 0.956 bits per heavy atom. The van der Waals surface area contributed by atoms with Crippen molar-refractivity contribution in [2.75, 3.05) is 9.80 Å². The number of aryl methyl sites for hydroxylation is 5. The molecule has 0 N–H and O–H groups in total. The van der Waals surface area contributed by atoms with Gasteiger partial charge in [-0.2, -0.15) is 0 Å². The fourth-order valence-electron chi connectivity index (χ4n) is 7.58. The number of thiophene rings is 1. The van der Waals surface area contributed by atoms with Crippen molar-refractivity contribution in [3.05, 3.63) is 137 Å². The summed E-state index contributed by atoms with van der Waals surface area (Å²) in [6.45, 7) is 11.1. The van der Waals surface area contributed by atoms with Gasteiger partial charge in [0.2, 0.25) is 0 Å². The first-order valence-corrected chi connectivity index (χ1v) is 16.6. The third-order valence-electron chi connectivity index (χ3n) is 9.70. The highest BCUT2D eigenvalue weighted by atomic mass is 32.1. The van der Waals surface area contributed by atoms with Gasteiger partial charge in [-0.25, -0.2) is 0 Å². The topological polar surface area (TPSA) is 6.48 Å². The minimum absolute atomic E-state index is 0.119. The van der Waals surface area contributed by atoms with Gasteiger partial charge in [-0.3, -0.25) is 0 Å². The maximum Gasteiger partial charge on any atom is 0.252 e. The standard InChI is InChI=1S/C41H33BN2S/c1-24-6-12-29(13-7-24)43-35-16-10-27(4)19-33(35)42-34-22-32-31-18-26(3)11-17-39(31)45-40(32)23-36(34)44(30-14-8-25(2)9-15-30)38-21-28(5)20-37(43)41(38)42/h6-23H,1-5H3. The van der Waals surface area contributed by atoms with Crippen molar-refractivity contribution < 1.29 is 0 Å². The van der Waals surface area contributed by atoms with Crippen LogP contribution in [0.1, 0.15) is 27.8 Å². The van der Waals surface area contributed by atoms with Crippen molar-refractivity contribution in [3.63, 3.8) is 0 Å². The van der Waals surface area contributed by atoms with Crippen LogP contribution in [0.15, 0.2) is 109 Å². The highest BCUT2D eigenvalue weighted by Crippen LogP contribution is 2.46. The van der Waals surface area contributed by atoms with Gasteiger partial charge in [0.15, 0.2) is 0 Å². The Hall–Kier alpha value is -4.80. The van der Waals surface area contributed by atoms with Crippen molar-refractivity contribution >= 4 is 88.7 Å². The average Bonchev–Trinajstić information content (AvgIpc) is 3.37. The molecule has 7 aromatic rings. The molecule has 2 aliphatic rings. The molecule has 45 heavy (non-hydrogen) atoms. The number of hydrogen-bond donors (Lipinski definition) is 0. The molecule has 0 radical (unpaired) electrons. The molecule has 0 spiro atoms. The molecule has 4 heteroatoms. The van der Waals surface area contributed by atoms with Crippen LogP contribution in [0.4, 0.5) is 34.1 Å². The normalized spacial score (nSPS) is 13.3. The first-order valence-electron chi connectivity index (χ1n) is 15.8. The van der Waals surface area contributed by atoms with Crippen LogP contribution in [-0.4, -0.2) is 6.71 Å². The minimum atomic E-state index is 0.119. The van der Waals surface area contributed by atoms with Crippen molar-refractivity contribution in [1.29, 1.82) is 0 Å². The smallest absolute Gasteiger partial charge is 0.252 e. The second-order valence-corrected chi connectivity index (χ2v) is 14.1. The summed E-state index contributed by atoms with van der Waals surface area (Å²) < 4.78 is 2.68. The molecule has 1 aromatic heterocycles. The second-order valence-electron chi connectivity index (χ2n) is 13.1. The van der Waals surface area contributed by atoms with Gasteiger partial charge in [0, 0.05) is 48.9 Å². The van der Waals surface area contributed by atoms with E-state index in [0.717, 1.165) is 0 Å². The molecular formula is C41H33BN2S. The van der Waals surface area contributed by atoms with Crippen molar-refractivity contribution in [3.8, 4) is 0 Å². The molecule has 3 heterocycles. The third kappa shape index (κ3) is 3.95. The molecule has 0 saturated heterocycles. The van der Waals surface area contributed by atoms with Gasteiger partial charge < -0.3 is 9.80 Å². The number of nitrogens with zero attached hydrogens (tertiary/aromatic N) is 2. The van der Waals surface area contributed by atoms with E-state index < -0.39 is 0 Å². The molecule has 0 fully saturated rings. The summed E-state index contributed by atoms with van der Waals surface area (Å²) in [4.78, 5) is 5.02. The average molecular weight is 597 g/mol. The zero-order valence-corrected chi connectivity index (χ0v) is 27.1. The maximum atomic E-state index is 2.53. The summed E-state index contributed by atoms with van der Waals surface area (Å²) in [6, 6.07) is 41.8. The minimum Gasteiger partial charge on any atom is -0.311 e. The van der Waals surface area contributed by atoms with E-state index in [9.17, 15) is 0 Å². The van der Waals surface area contributed by atoms with Crippen molar-refractivity contribution in [2.24, 2.45) is 0 Å². The van der Waals surface area contributed by atoms with E-state index in [4.69, 9.17) is 0 Å². The summed E-state index contributed by atoms with van der Waals surface area (Å²) in [5.74, 6) is 0. The van der Waals surface area contributed by atoms with Gasteiger partial charge in [0.25, 0.3) is 6.71 Å². The number of rotatable bonds is 2. The molecule has 0 bridgehead atoms. The van der Waals surface area contributed by atoms with Crippen LogP contribution in [0.3, 0.4) is 0 Å². The zero-order valence-electron chi connectivity index (χ0n) is 26.3. The van der Waals surface area contributed by atoms with Crippen molar-refractivity contribution in [2.45, 2.75) is 34.6 Å². The largest absolute Gasteiger partial charge is 0.311 e. The predicted molar refractivity (Wildman–Crippen MR) is 197 cm³/mol. The first kappa shape index (κ1) is 26.6. The lowest BCUT2D eigenvalue weighted by Gasteiger charge is -2.44. The van der Waals surface area contributed by atoms with Gasteiger partial charge in [0.1, 0.15) is 0 Å². The first-order chi connectivity index (χ1) is 21.8. The van der Waals surface area contributed by atoms with Gasteiger partial charge in [-0.05, 0) is 123 Å². The quantitative estimate of drug-likeness (QED) is 0.183. The Kier molecular flexibility index (Phi) is 5.67. The predicted octanol–water partition coefficient (Wildman–Crippen LogP) is 9.68. The molecule has 0 aliphatic carbocycles. The van der Waals surface area contributed by atoms with Crippen LogP contribution in [-0.2, 0) is 0 Å². The summed E-state index contributed by atoms with van der Waals surface area (Å²) in [5.41, 5.74) is 18.0.